The van der Waals surface area contributed by atoms with Gasteiger partial charge in [0.1, 0.15) is 16.5 Å². The molecule has 1 aromatic heterocycles. The van der Waals surface area contributed by atoms with Crippen LogP contribution in [0.25, 0.3) is 0 Å². The Labute approximate surface area is 122 Å². The summed E-state index contributed by atoms with van der Waals surface area (Å²) in [5.74, 6) is 1.28. The molecule has 0 saturated carbocycles. The average molecular weight is 310 g/mol. The van der Waals surface area contributed by atoms with Gasteiger partial charge in [-0.25, -0.2) is 13.1 Å². The first-order chi connectivity index (χ1) is 9.38. The number of furan rings is 1. The van der Waals surface area contributed by atoms with E-state index < -0.39 is 10.0 Å². The Bertz CT molecular complexity index is 736. The smallest absolute Gasteiger partial charge is 0.240 e. The van der Waals surface area contributed by atoms with Gasteiger partial charge in [-0.05, 0) is 31.2 Å². The van der Waals surface area contributed by atoms with Crippen LogP contribution in [-0.2, 0) is 16.6 Å². The fourth-order valence-electron chi connectivity index (χ4n) is 1.65. The van der Waals surface area contributed by atoms with Crippen molar-refractivity contribution in [2.75, 3.05) is 0 Å². The van der Waals surface area contributed by atoms with E-state index in [1.165, 1.54) is 12.1 Å². The molecule has 2 aromatic rings. The number of thiocarbonyl (C=S) groups is 1. The molecule has 1 aromatic carbocycles. The molecule has 20 heavy (non-hydrogen) atoms. The molecule has 0 unspecified atom stereocenters. The molecular weight excluding hydrogens is 296 g/mol. The highest BCUT2D eigenvalue weighted by Crippen LogP contribution is 2.13. The van der Waals surface area contributed by atoms with Crippen LogP contribution >= 0.6 is 12.2 Å². The van der Waals surface area contributed by atoms with Gasteiger partial charge in [-0.3, -0.25) is 0 Å². The summed E-state index contributed by atoms with van der Waals surface area (Å²) < 4.78 is 32.1. The van der Waals surface area contributed by atoms with E-state index in [1.807, 2.05) is 0 Å². The van der Waals surface area contributed by atoms with Crippen molar-refractivity contribution in [3.8, 4) is 0 Å². The first-order valence-electron chi connectivity index (χ1n) is 5.83. The van der Waals surface area contributed by atoms with E-state index in [9.17, 15) is 8.42 Å². The lowest BCUT2D eigenvalue weighted by Crippen LogP contribution is -2.23. The van der Waals surface area contributed by atoms with Crippen LogP contribution in [0, 0.1) is 6.92 Å². The molecule has 0 atom stereocenters. The van der Waals surface area contributed by atoms with E-state index in [4.69, 9.17) is 22.4 Å². The summed E-state index contributed by atoms with van der Waals surface area (Å²) in [6.07, 6.45) is 0. The van der Waals surface area contributed by atoms with Crippen LogP contribution in [0.3, 0.4) is 0 Å². The Hall–Kier alpha value is -1.70. The predicted octanol–water partition coefficient (Wildman–Crippen LogP) is 1.70. The number of rotatable bonds is 5. The quantitative estimate of drug-likeness (QED) is 0.821. The van der Waals surface area contributed by atoms with Crippen molar-refractivity contribution in [1.29, 1.82) is 0 Å². The number of nitrogens with two attached hydrogens (primary N) is 1. The van der Waals surface area contributed by atoms with Gasteiger partial charge in [0.25, 0.3) is 0 Å². The van der Waals surface area contributed by atoms with Crippen molar-refractivity contribution in [1.82, 2.24) is 4.72 Å². The van der Waals surface area contributed by atoms with Gasteiger partial charge in [-0.1, -0.05) is 24.4 Å². The summed E-state index contributed by atoms with van der Waals surface area (Å²) in [4.78, 5) is 0.273. The van der Waals surface area contributed by atoms with Crippen molar-refractivity contribution in [3.63, 3.8) is 0 Å². The molecule has 2 rings (SSSR count). The minimum Gasteiger partial charge on any atom is -0.465 e. The third-order valence-electron chi connectivity index (χ3n) is 2.66. The van der Waals surface area contributed by atoms with Gasteiger partial charge in [-0.15, -0.1) is 0 Å². The molecule has 0 aliphatic carbocycles. The summed E-state index contributed by atoms with van der Waals surface area (Å²) in [6, 6.07) is 9.69. The topological polar surface area (TPSA) is 85.3 Å². The highest BCUT2D eigenvalue weighted by Gasteiger charge is 2.15. The average Bonchev–Trinajstić information content (AvgIpc) is 2.82. The molecule has 5 nitrogen and oxygen atoms in total. The van der Waals surface area contributed by atoms with Crippen LogP contribution in [0.2, 0.25) is 0 Å². The van der Waals surface area contributed by atoms with Gasteiger partial charge in [0.15, 0.2) is 0 Å². The third-order valence-corrected chi connectivity index (χ3v) is 4.30. The maximum Gasteiger partial charge on any atom is 0.240 e. The fraction of sp³-hybridized carbons (Fsp3) is 0.154. The molecule has 0 aliphatic heterocycles. The van der Waals surface area contributed by atoms with Crippen molar-refractivity contribution in [3.05, 3.63) is 53.5 Å². The summed E-state index contributed by atoms with van der Waals surface area (Å²) in [5, 5.41) is 0. The zero-order valence-electron chi connectivity index (χ0n) is 10.8. The van der Waals surface area contributed by atoms with Crippen molar-refractivity contribution < 1.29 is 12.8 Å². The molecule has 0 aliphatic rings. The number of aryl methyl sites for hydroxylation is 1. The summed E-state index contributed by atoms with van der Waals surface area (Å²) >= 11 is 4.84. The van der Waals surface area contributed by atoms with Crippen molar-refractivity contribution >= 4 is 27.2 Å². The van der Waals surface area contributed by atoms with Crippen LogP contribution in [0.4, 0.5) is 0 Å². The Morgan fingerprint density at radius 1 is 1.35 bits per heavy atom. The monoisotopic (exact) mass is 310 g/mol. The standard InChI is InChI=1S/C13H14N2O3S2/c1-9-5-6-11(18-9)8-15-20(16,17)12-4-2-3-10(7-12)13(14)19/h2-7,15H,8H2,1H3,(H2,14,19). The normalized spacial score (nSPS) is 11.4. The molecular formula is C13H14N2O3S2. The Kier molecular flexibility index (Phi) is 4.22. The molecule has 0 fully saturated rings. The maximum atomic E-state index is 12.2. The van der Waals surface area contributed by atoms with Gasteiger partial charge in [0.2, 0.25) is 10.0 Å². The summed E-state index contributed by atoms with van der Waals surface area (Å²) in [7, 11) is -3.63. The van der Waals surface area contributed by atoms with Gasteiger partial charge in [0, 0.05) is 5.56 Å². The highest BCUT2D eigenvalue weighted by atomic mass is 32.2. The largest absolute Gasteiger partial charge is 0.465 e. The number of hydrogen-bond donors (Lipinski definition) is 2. The third kappa shape index (κ3) is 3.44. The molecule has 1 heterocycles. The fourth-order valence-corrected chi connectivity index (χ4v) is 2.81. The molecule has 0 amide bonds. The lowest BCUT2D eigenvalue weighted by molar-refractivity contribution is 0.475. The predicted molar refractivity (Wildman–Crippen MR) is 79.8 cm³/mol. The van der Waals surface area contributed by atoms with Crippen LogP contribution in [-0.4, -0.2) is 13.4 Å². The number of benzene rings is 1. The zero-order chi connectivity index (χ0) is 14.8. The Balaban J connectivity index is 2.17. The van der Waals surface area contributed by atoms with E-state index in [0.717, 1.165) is 5.76 Å². The second-order valence-corrected chi connectivity index (χ2v) is 6.44. The molecule has 0 bridgehead atoms. The summed E-state index contributed by atoms with van der Waals surface area (Å²) in [5.41, 5.74) is 6.01. The SMILES string of the molecule is Cc1ccc(CNS(=O)(=O)c2cccc(C(N)=S)c2)o1. The molecule has 3 N–H and O–H groups in total. The van der Waals surface area contributed by atoms with E-state index in [0.29, 0.717) is 11.3 Å². The van der Waals surface area contributed by atoms with Gasteiger partial charge in [0.05, 0.1) is 11.4 Å². The van der Waals surface area contributed by atoms with E-state index in [2.05, 4.69) is 4.72 Å². The zero-order valence-corrected chi connectivity index (χ0v) is 12.4. The number of nitrogens with one attached hydrogen (secondary N) is 1. The van der Waals surface area contributed by atoms with E-state index in [1.54, 1.807) is 31.2 Å². The van der Waals surface area contributed by atoms with Crippen LogP contribution in [0.1, 0.15) is 17.1 Å². The highest BCUT2D eigenvalue weighted by molar-refractivity contribution is 7.89. The maximum absolute atomic E-state index is 12.2. The Morgan fingerprint density at radius 3 is 2.70 bits per heavy atom. The van der Waals surface area contributed by atoms with Gasteiger partial charge in [-0.2, -0.15) is 0 Å². The molecule has 106 valence electrons. The minimum atomic E-state index is -3.63. The van der Waals surface area contributed by atoms with Crippen molar-refractivity contribution in [2.45, 2.75) is 18.4 Å². The van der Waals surface area contributed by atoms with E-state index in [-0.39, 0.29) is 16.4 Å². The lowest BCUT2D eigenvalue weighted by atomic mass is 10.2. The van der Waals surface area contributed by atoms with E-state index >= 15 is 0 Å². The van der Waals surface area contributed by atoms with Crippen LogP contribution in [0.15, 0.2) is 45.7 Å². The van der Waals surface area contributed by atoms with Crippen LogP contribution in [0.5, 0.6) is 0 Å². The number of hydrogen-bond acceptors (Lipinski definition) is 4. The molecule has 0 saturated heterocycles. The Morgan fingerprint density at radius 2 is 2.10 bits per heavy atom. The first-order valence-corrected chi connectivity index (χ1v) is 7.72. The van der Waals surface area contributed by atoms with Gasteiger partial charge >= 0.3 is 0 Å². The second-order valence-electron chi connectivity index (χ2n) is 4.23. The van der Waals surface area contributed by atoms with Crippen LogP contribution < -0.4 is 10.5 Å². The minimum absolute atomic E-state index is 0.0907. The summed E-state index contributed by atoms with van der Waals surface area (Å²) in [6.45, 7) is 1.89. The molecule has 0 radical (unpaired) electrons. The number of sulfonamides is 1. The van der Waals surface area contributed by atoms with Crippen molar-refractivity contribution in [2.24, 2.45) is 5.73 Å². The first kappa shape index (κ1) is 14.7. The second kappa shape index (κ2) is 5.74. The molecule has 0 spiro atoms. The lowest BCUT2D eigenvalue weighted by Gasteiger charge is -2.07. The van der Waals surface area contributed by atoms with Gasteiger partial charge < -0.3 is 10.2 Å². The molecule has 7 heteroatoms.